The van der Waals surface area contributed by atoms with E-state index in [0.717, 1.165) is 12.7 Å². The lowest BCUT2D eigenvalue weighted by Gasteiger charge is -2.19. The molecule has 1 aromatic rings. The van der Waals surface area contributed by atoms with Gasteiger partial charge in [-0.25, -0.2) is 0 Å². The van der Waals surface area contributed by atoms with E-state index in [4.69, 9.17) is 11.6 Å². The fourth-order valence-corrected chi connectivity index (χ4v) is 1.75. The third-order valence-corrected chi connectivity index (χ3v) is 2.34. The van der Waals surface area contributed by atoms with Gasteiger partial charge in [-0.2, -0.15) is 0 Å². The second-order valence-corrected chi connectivity index (χ2v) is 5.39. The van der Waals surface area contributed by atoms with Crippen LogP contribution in [0.1, 0.15) is 20.8 Å². The standard InChI is InChI=1S/C10H15B2ClO2/c1-10(2,3)11-8-6-7(13)4-5-9(8)12(14)15/h4-6,11,14-15H,1-3H3. The van der Waals surface area contributed by atoms with Gasteiger partial charge >= 0.3 is 7.12 Å². The molecule has 2 N–H and O–H groups in total. The van der Waals surface area contributed by atoms with Crippen LogP contribution in [0.5, 0.6) is 0 Å². The molecule has 0 aromatic heterocycles. The third-order valence-electron chi connectivity index (χ3n) is 2.10. The van der Waals surface area contributed by atoms with Crippen molar-refractivity contribution < 1.29 is 10.0 Å². The smallest absolute Gasteiger partial charge is 0.423 e. The van der Waals surface area contributed by atoms with Crippen molar-refractivity contribution in [2.24, 2.45) is 0 Å². The molecule has 0 fully saturated rings. The molecule has 0 spiro atoms. The van der Waals surface area contributed by atoms with Crippen LogP contribution in [0.4, 0.5) is 0 Å². The predicted molar refractivity (Wildman–Crippen MR) is 67.8 cm³/mol. The van der Waals surface area contributed by atoms with Crippen LogP contribution in [0.25, 0.3) is 0 Å². The third kappa shape index (κ3) is 3.90. The first-order chi connectivity index (χ1) is 6.79. The zero-order chi connectivity index (χ0) is 11.6. The maximum absolute atomic E-state index is 9.20. The van der Waals surface area contributed by atoms with E-state index < -0.39 is 7.12 Å². The normalized spacial score (nSPS) is 11.3. The monoisotopic (exact) mass is 224 g/mol. The molecule has 15 heavy (non-hydrogen) atoms. The Morgan fingerprint density at radius 3 is 2.33 bits per heavy atom. The Balaban J connectivity index is 3.08. The van der Waals surface area contributed by atoms with Crippen molar-refractivity contribution in [2.75, 3.05) is 0 Å². The van der Waals surface area contributed by atoms with Crippen LogP contribution in [0, 0.1) is 0 Å². The van der Waals surface area contributed by atoms with Gasteiger partial charge in [-0.3, -0.25) is 0 Å². The van der Waals surface area contributed by atoms with Crippen LogP contribution in [0.2, 0.25) is 10.3 Å². The number of hydrogen-bond acceptors (Lipinski definition) is 2. The fraction of sp³-hybridized carbons (Fsp3) is 0.400. The van der Waals surface area contributed by atoms with Crippen LogP contribution in [0.3, 0.4) is 0 Å². The molecule has 0 aliphatic rings. The van der Waals surface area contributed by atoms with Gasteiger partial charge in [0.1, 0.15) is 0 Å². The van der Waals surface area contributed by atoms with Crippen molar-refractivity contribution in [3.8, 4) is 0 Å². The Morgan fingerprint density at radius 2 is 1.87 bits per heavy atom. The van der Waals surface area contributed by atoms with Crippen molar-refractivity contribution in [1.29, 1.82) is 0 Å². The highest BCUT2D eigenvalue weighted by molar-refractivity contribution is 6.70. The maximum atomic E-state index is 9.20. The van der Waals surface area contributed by atoms with Gasteiger partial charge in [0.05, 0.1) is 0 Å². The van der Waals surface area contributed by atoms with Gasteiger partial charge < -0.3 is 10.0 Å². The van der Waals surface area contributed by atoms with Gasteiger partial charge in [0.25, 0.3) is 0 Å². The van der Waals surface area contributed by atoms with E-state index in [1.165, 1.54) is 0 Å². The van der Waals surface area contributed by atoms with E-state index in [1.54, 1.807) is 18.2 Å². The molecule has 1 aromatic carbocycles. The molecule has 0 aliphatic heterocycles. The fourth-order valence-electron chi connectivity index (χ4n) is 1.55. The van der Waals surface area contributed by atoms with Crippen LogP contribution in [-0.2, 0) is 0 Å². The average Bonchev–Trinajstić information content (AvgIpc) is 1.99. The van der Waals surface area contributed by atoms with Crippen molar-refractivity contribution in [3.63, 3.8) is 0 Å². The van der Waals surface area contributed by atoms with Gasteiger partial charge in [0.15, 0.2) is 7.28 Å². The first-order valence-electron chi connectivity index (χ1n) is 4.94. The second-order valence-electron chi connectivity index (χ2n) is 4.95. The van der Waals surface area contributed by atoms with Crippen molar-refractivity contribution in [3.05, 3.63) is 23.2 Å². The van der Waals surface area contributed by atoms with E-state index in [-0.39, 0.29) is 5.31 Å². The summed E-state index contributed by atoms with van der Waals surface area (Å²) in [6.07, 6.45) is 0. The Bertz CT molecular complexity index is 348. The largest absolute Gasteiger partial charge is 0.487 e. The van der Waals surface area contributed by atoms with Gasteiger partial charge in [0, 0.05) is 5.02 Å². The number of halogens is 1. The molecule has 0 amide bonds. The molecular weight excluding hydrogens is 209 g/mol. The zero-order valence-electron chi connectivity index (χ0n) is 9.29. The van der Waals surface area contributed by atoms with E-state index in [2.05, 4.69) is 20.8 Å². The maximum Gasteiger partial charge on any atom is 0.487 e. The molecular formula is C10H15B2ClO2. The Kier molecular flexibility index (Phi) is 3.87. The molecule has 80 valence electrons. The lowest BCUT2D eigenvalue weighted by atomic mass is 9.48. The summed E-state index contributed by atoms with van der Waals surface area (Å²) in [4.78, 5) is 0. The van der Waals surface area contributed by atoms with Crippen molar-refractivity contribution in [2.45, 2.75) is 26.1 Å². The molecule has 0 heterocycles. The quantitative estimate of drug-likeness (QED) is 0.709. The molecule has 0 saturated heterocycles. The number of benzene rings is 1. The van der Waals surface area contributed by atoms with Crippen LogP contribution >= 0.6 is 11.6 Å². The van der Waals surface area contributed by atoms with E-state index >= 15 is 0 Å². The highest BCUT2D eigenvalue weighted by Crippen LogP contribution is 2.19. The molecule has 5 heteroatoms. The van der Waals surface area contributed by atoms with E-state index in [1.807, 2.05) is 0 Å². The summed E-state index contributed by atoms with van der Waals surface area (Å²) in [6, 6.07) is 5.12. The summed E-state index contributed by atoms with van der Waals surface area (Å²) < 4.78 is 0. The molecule has 0 unspecified atom stereocenters. The summed E-state index contributed by atoms with van der Waals surface area (Å²) in [5.74, 6) is 0. The molecule has 0 atom stereocenters. The minimum atomic E-state index is -1.43. The van der Waals surface area contributed by atoms with Crippen molar-refractivity contribution >= 4 is 36.9 Å². The Hall–Kier alpha value is -0.440. The minimum Gasteiger partial charge on any atom is -0.423 e. The minimum absolute atomic E-state index is 0.0916. The number of rotatable bonds is 2. The molecule has 0 radical (unpaired) electrons. The Morgan fingerprint density at radius 1 is 1.27 bits per heavy atom. The van der Waals surface area contributed by atoms with Crippen LogP contribution in [-0.4, -0.2) is 24.4 Å². The van der Waals surface area contributed by atoms with Crippen LogP contribution < -0.4 is 10.9 Å². The van der Waals surface area contributed by atoms with E-state index in [0.29, 0.717) is 10.5 Å². The lowest BCUT2D eigenvalue weighted by molar-refractivity contribution is 0.426. The summed E-state index contributed by atoms with van der Waals surface area (Å²) in [6.45, 7) is 6.30. The van der Waals surface area contributed by atoms with Gasteiger partial charge in [-0.15, -0.1) is 0 Å². The zero-order valence-corrected chi connectivity index (χ0v) is 10.0. The first-order valence-corrected chi connectivity index (χ1v) is 5.32. The van der Waals surface area contributed by atoms with E-state index in [9.17, 15) is 10.0 Å². The highest BCUT2D eigenvalue weighted by atomic mass is 35.5. The van der Waals surface area contributed by atoms with Crippen LogP contribution in [0.15, 0.2) is 18.2 Å². The summed E-state index contributed by atoms with van der Waals surface area (Å²) in [7, 11) is -0.667. The predicted octanol–water partition coefficient (Wildman–Crippen LogP) is 0.300. The van der Waals surface area contributed by atoms with Crippen molar-refractivity contribution in [1.82, 2.24) is 0 Å². The number of hydrogen-bond donors (Lipinski definition) is 2. The lowest BCUT2D eigenvalue weighted by Crippen LogP contribution is -2.45. The summed E-state index contributed by atoms with van der Waals surface area (Å²) in [5, 5.41) is 19.1. The SMILES string of the molecule is CC(C)(C)Bc1cc(Cl)ccc1B(O)O. The molecule has 0 bridgehead atoms. The molecule has 0 aliphatic carbocycles. The molecule has 2 nitrogen and oxygen atoms in total. The second kappa shape index (κ2) is 4.60. The first kappa shape index (κ1) is 12.6. The highest BCUT2D eigenvalue weighted by Gasteiger charge is 2.21. The molecule has 0 saturated carbocycles. The van der Waals surface area contributed by atoms with Gasteiger partial charge in [-0.05, 0) is 17.6 Å². The molecule has 1 rings (SSSR count). The topological polar surface area (TPSA) is 40.5 Å². The average molecular weight is 224 g/mol. The van der Waals surface area contributed by atoms with Gasteiger partial charge in [0.2, 0.25) is 0 Å². The van der Waals surface area contributed by atoms with Gasteiger partial charge in [-0.1, -0.05) is 49.2 Å². The summed E-state index contributed by atoms with van der Waals surface area (Å²) >= 11 is 5.89. The summed E-state index contributed by atoms with van der Waals surface area (Å²) in [5.41, 5.74) is 1.43. The Labute approximate surface area is 96.7 Å².